The maximum atomic E-state index is 10.4. The quantitative estimate of drug-likeness (QED) is 0.638. The largest absolute Gasteiger partial charge is 0.786 e. The van der Waals surface area contributed by atoms with Crippen LogP contribution in [0.5, 0.6) is 0 Å². The van der Waals surface area contributed by atoms with E-state index in [1.165, 1.54) is 14.2 Å². The molecule has 0 fully saturated rings. The first kappa shape index (κ1) is 17.8. The van der Waals surface area contributed by atoms with Crippen molar-refractivity contribution in [3.63, 3.8) is 0 Å². The molecule has 0 aromatic carbocycles. The van der Waals surface area contributed by atoms with Gasteiger partial charge in [0.05, 0.1) is 21.8 Å². The number of rotatable bonds is 6. The molecular formula is C6H16O7P2-2. The molecule has 0 unspecified atom stereocenters. The van der Waals surface area contributed by atoms with Gasteiger partial charge >= 0.3 is 0 Å². The Labute approximate surface area is 90.9 Å². The summed E-state index contributed by atoms with van der Waals surface area (Å²) in [4.78, 5) is 20.3. The van der Waals surface area contributed by atoms with Crippen LogP contribution >= 0.6 is 16.4 Å². The summed E-state index contributed by atoms with van der Waals surface area (Å²) in [5.41, 5.74) is 0. The highest BCUT2D eigenvalue weighted by molar-refractivity contribution is 7.45. The molecule has 0 amide bonds. The van der Waals surface area contributed by atoms with E-state index in [-0.39, 0.29) is 13.2 Å². The first-order valence-corrected chi connectivity index (χ1v) is 6.64. The Morgan fingerprint density at radius 2 is 1.47 bits per heavy atom. The number of phosphoric ester groups is 1. The second-order valence-electron chi connectivity index (χ2n) is 1.87. The Bertz CT molecular complexity index is 163. The van der Waals surface area contributed by atoms with Crippen LogP contribution in [0.25, 0.3) is 0 Å². The molecule has 0 radical (unpaired) electrons. The molecular weight excluding hydrogens is 246 g/mol. The highest BCUT2D eigenvalue weighted by Crippen LogP contribution is 2.37. The molecule has 0 rings (SSSR count). The zero-order valence-electron chi connectivity index (χ0n) is 9.17. The SMILES string of the molecule is CCOP(=O)([O-])OCC.COP([O-])OC. The van der Waals surface area contributed by atoms with Crippen LogP contribution in [0.3, 0.4) is 0 Å². The number of hydrogen-bond donors (Lipinski definition) is 0. The third kappa shape index (κ3) is 14.4. The lowest BCUT2D eigenvalue weighted by atomic mass is 10.9. The minimum atomic E-state index is -3.94. The van der Waals surface area contributed by atoms with Gasteiger partial charge in [0.25, 0.3) is 7.82 Å². The smallest absolute Gasteiger partial charge is 0.267 e. The van der Waals surface area contributed by atoms with Crippen molar-refractivity contribution in [3.05, 3.63) is 0 Å². The first-order valence-electron chi connectivity index (χ1n) is 4.09. The van der Waals surface area contributed by atoms with E-state index in [0.717, 1.165) is 0 Å². The molecule has 0 aromatic heterocycles. The van der Waals surface area contributed by atoms with E-state index in [1.807, 2.05) is 0 Å². The fourth-order valence-electron chi connectivity index (χ4n) is 0.428. The van der Waals surface area contributed by atoms with E-state index in [9.17, 15) is 14.4 Å². The molecule has 9 heteroatoms. The zero-order chi connectivity index (χ0) is 12.3. The fraction of sp³-hybridized carbons (Fsp3) is 1.00. The summed E-state index contributed by atoms with van der Waals surface area (Å²) in [7, 11) is -3.13. The predicted molar refractivity (Wildman–Crippen MR) is 51.8 cm³/mol. The lowest BCUT2D eigenvalue weighted by Crippen LogP contribution is -2.07. The van der Waals surface area contributed by atoms with Crippen LogP contribution in [0.2, 0.25) is 0 Å². The minimum absolute atomic E-state index is 0.126. The molecule has 0 spiro atoms. The molecule has 0 bridgehead atoms. The molecule has 0 heterocycles. The highest BCUT2D eigenvalue weighted by atomic mass is 31.2. The summed E-state index contributed by atoms with van der Waals surface area (Å²) in [6.45, 7) is 3.43. The molecule has 0 atom stereocenters. The molecule has 0 N–H and O–H groups in total. The summed E-state index contributed by atoms with van der Waals surface area (Å²) in [5, 5.41) is 0. The summed E-state index contributed by atoms with van der Waals surface area (Å²) >= 11 is 0. The molecule has 0 aliphatic rings. The van der Waals surface area contributed by atoms with Gasteiger partial charge in [0, 0.05) is 14.2 Å². The van der Waals surface area contributed by atoms with Crippen molar-refractivity contribution < 1.29 is 32.4 Å². The van der Waals surface area contributed by atoms with Gasteiger partial charge < -0.3 is 27.9 Å². The van der Waals surface area contributed by atoms with E-state index in [0.29, 0.717) is 0 Å². The van der Waals surface area contributed by atoms with Crippen LogP contribution in [0.4, 0.5) is 0 Å². The molecule has 15 heavy (non-hydrogen) atoms. The van der Waals surface area contributed by atoms with Crippen LogP contribution in [0.1, 0.15) is 13.8 Å². The number of hydrogen-bond acceptors (Lipinski definition) is 7. The van der Waals surface area contributed by atoms with Gasteiger partial charge in [0.2, 0.25) is 0 Å². The first-order chi connectivity index (χ1) is 6.93. The van der Waals surface area contributed by atoms with Gasteiger partial charge in [-0.05, 0) is 13.8 Å². The highest BCUT2D eigenvalue weighted by Gasteiger charge is 2.04. The van der Waals surface area contributed by atoms with Crippen LogP contribution in [-0.4, -0.2) is 27.4 Å². The fourth-order valence-corrected chi connectivity index (χ4v) is 1.28. The van der Waals surface area contributed by atoms with Crippen LogP contribution in [0, 0.1) is 0 Å². The van der Waals surface area contributed by atoms with E-state index in [4.69, 9.17) is 0 Å². The normalized spacial score (nSPS) is 11.1. The molecule has 7 nitrogen and oxygen atoms in total. The second kappa shape index (κ2) is 10.9. The topological polar surface area (TPSA) is 100 Å². The summed E-state index contributed by atoms with van der Waals surface area (Å²) in [5.74, 6) is 0. The van der Waals surface area contributed by atoms with Crippen molar-refractivity contribution in [1.29, 1.82) is 0 Å². The van der Waals surface area contributed by atoms with Crippen LogP contribution in [-0.2, 0) is 22.7 Å². The van der Waals surface area contributed by atoms with Crippen molar-refractivity contribution >= 4 is 16.4 Å². The Balaban J connectivity index is 0. The Hall–Kier alpha value is 0.420. The zero-order valence-corrected chi connectivity index (χ0v) is 11.0. The third-order valence-corrected chi connectivity index (χ3v) is 2.62. The number of phosphoric acid groups is 1. The van der Waals surface area contributed by atoms with Crippen molar-refractivity contribution in [2.45, 2.75) is 13.8 Å². The molecule has 0 saturated carbocycles. The summed E-state index contributed by atoms with van der Waals surface area (Å²) < 4.78 is 27.3. The summed E-state index contributed by atoms with van der Waals surface area (Å²) in [6, 6.07) is 0. The van der Waals surface area contributed by atoms with Crippen molar-refractivity contribution in [2.75, 3.05) is 27.4 Å². The van der Waals surface area contributed by atoms with Crippen molar-refractivity contribution in [1.82, 2.24) is 0 Å². The predicted octanol–water partition coefficient (Wildman–Crippen LogP) is 0.394. The third-order valence-electron chi connectivity index (χ3n) is 0.873. The maximum Gasteiger partial charge on any atom is 0.267 e. The molecule has 0 aliphatic carbocycles. The minimum Gasteiger partial charge on any atom is -0.786 e. The Morgan fingerprint density at radius 1 is 1.13 bits per heavy atom. The van der Waals surface area contributed by atoms with E-state index < -0.39 is 16.4 Å². The van der Waals surface area contributed by atoms with Crippen molar-refractivity contribution in [3.8, 4) is 0 Å². The van der Waals surface area contributed by atoms with Gasteiger partial charge in [0.1, 0.15) is 0 Å². The maximum absolute atomic E-state index is 10.4. The van der Waals surface area contributed by atoms with Gasteiger partial charge in [-0.25, -0.2) is 0 Å². The summed E-state index contributed by atoms with van der Waals surface area (Å²) in [6.07, 6.45) is 0. The van der Waals surface area contributed by atoms with Crippen LogP contribution in [0.15, 0.2) is 0 Å². The van der Waals surface area contributed by atoms with Gasteiger partial charge in [-0.2, -0.15) is 0 Å². The van der Waals surface area contributed by atoms with Gasteiger partial charge in [-0.1, -0.05) is 0 Å². The molecule has 94 valence electrons. The van der Waals surface area contributed by atoms with Crippen LogP contribution < -0.4 is 9.79 Å². The Kier molecular flexibility index (Phi) is 13.0. The van der Waals surface area contributed by atoms with E-state index in [1.54, 1.807) is 13.8 Å². The van der Waals surface area contributed by atoms with Crippen molar-refractivity contribution in [2.24, 2.45) is 0 Å². The second-order valence-corrected chi connectivity index (χ2v) is 4.46. The van der Waals surface area contributed by atoms with Gasteiger partial charge in [0.15, 0.2) is 0 Å². The average Bonchev–Trinajstić information content (AvgIpc) is 2.17. The lowest BCUT2D eigenvalue weighted by molar-refractivity contribution is -0.224. The molecule has 0 aromatic rings. The molecule has 0 saturated heterocycles. The standard InChI is InChI=1S/C4H11O4P.C2H6O3P/c1-3-7-9(5,6)8-4-2;1-4-6(3)5-2/h3-4H2,1-2H3,(H,5,6);1-2H3/q;-1/p-1. The van der Waals surface area contributed by atoms with Gasteiger partial charge in [-0.3, -0.25) is 4.57 Å². The van der Waals surface area contributed by atoms with E-state index >= 15 is 0 Å². The average molecular weight is 262 g/mol. The van der Waals surface area contributed by atoms with E-state index in [2.05, 4.69) is 18.1 Å². The molecule has 0 aliphatic heterocycles. The lowest BCUT2D eigenvalue weighted by Gasteiger charge is -2.20. The Morgan fingerprint density at radius 3 is 1.60 bits per heavy atom. The van der Waals surface area contributed by atoms with Gasteiger partial charge in [-0.15, -0.1) is 0 Å². The monoisotopic (exact) mass is 262 g/mol.